The predicted molar refractivity (Wildman–Crippen MR) is 62.5 cm³/mol. The Bertz CT molecular complexity index is 398. The number of nitro benzene ring substituents is 1. The lowest BCUT2D eigenvalue weighted by molar-refractivity contribution is -0.385. The van der Waals surface area contributed by atoms with Crippen molar-refractivity contribution < 1.29 is 14.4 Å². The molecule has 1 rings (SSSR count). The second kappa shape index (κ2) is 6.15. The molecule has 1 atom stereocenters. The van der Waals surface area contributed by atoms with Crippen molar-refractivity contribution in [3.63, 3.8) is 0 Å². The number of aliphatic hydroxyl groups is 1. The third kappa shape index (κ3) is 3.99. The van der Waals surface area contributed by atoms with Crippen molar-refractivity contribution in [1.29, 1.82) is 0 Å². The zero-order valence-corrected chi connectivity index (χ0v) is 9.52. The molecule has 0 heterocycles. The van der Waals surface area contributed by atoms with Crippen LogP contribution in [-0.4, -0.2) is 22.7 Å². The molecular formula is C11H15FN2O3. The van der Waals surface area contributed by atoms with Crippen LogP contribution in [0.5, 0.6) is 0 Å². The van der Waals surface area contributed by atoms with Gasteiger partial charge in [-0.05, 0) is 18.9 Å². The molecule has 0 spiro atoms. The number of nitrogens with one attached hydrogen (secondary N) is 1. The summed E-state index contributed by atoms with van der Waals surface area (Å²) in [6.07, 6.45) is 0.737. The Labute approximate surface area is 98.4 Å². The summed E-state index contributed by atoms with van der Waals surface area (Å²) in [4.78, 5) is 9.75. The van der Waals surface area contributed by atoms with Crippen molar-refractivity contribution in [2.75, 3.05) is 11.9 Å². The van der Waals surface area contributed by atoms with Crippen molar-refractivity contribution in [2.24, 2.45) is 0 Å². The van der Waals surface area contributed by atoms with Crippen molar-refractivity contribution in [3.8, 4) is 0 Å². The molecule has 0 saturated heterocycles. The Balaban J connectivity index is 2.57. The Hall–Kier alpha value is -1.69. The van der Waals surface area contributed by atoms with E-state index in [0.717, 1.165) is 6.07 Å². The van der Waals surface area contributed by atoms with E-state index in [4.69, 9.17) is 0 Å². The van der Waals surface area contributed by atoms with Gasteiger partial charge < -0.3 is 10.4 Å². The maximum Gasteiger partial charge on any atom is 0.272 e. The number of nitro groups is 1. The molecule has 0 aliphatic heterocycles. The minimum atomic E-state index is -0.662. The maximum atomic E-state index is 13.4. The number of aliphatic hydroxyl groups excluding tert-OH is 1. The molecule has 0 saturated carbocycles. The number of halogens is 1. The summed E-state index contributed by atoms with van der Waals surface area (Å²) in [6, 6.07) is 3.44. The molecule has 5 nitrogen and oxygen atoms in total. The van der Waals surface area contributed by atoms with Gasteiger partial charge in [-0.25, -0.2) is 4.39 Å². The molecule has 94 valence electrons. The average Bonchev–Trinajstić information content (AvgIpc) is 2.30. The van der Waals surface area contributed by atoms with Gasteiger partial charge in [-0.15, -0.1) is 0 Å². The van der Waals surface area contributed by atoms with Crippen LogP contribution in [0.1, 0.15) is 19.8 Å². The van der Waals surface area contributed by atoms with Crippen LogP contribution in [0.25, 0.3) is 0 Å². The SMILES string of the molecule is CCC(O)CCNc1ccc([N+](=O)[O-])cc1F. The Kier molecular flexibility index (Phi) is 4.84. The van der Waals surface area contributed by atoms with E-state index >= 15 is 0 Å². The van der Waals surface area contributed by atoms with Gasteiger partial charge in [0.05, 0.1) is 22.8 Å². The van der Waals surface area contributed by atoms with Crippen molar-refractivity contribution >= 4 is 11.4 Å². The molecule has 0 amide bonds. The van der Waals surface area contributed by atoms with Crippen LogP contribution in [0.2, 0.25) is 0 Å². The zero-order valence-electron chi connectivity index (χ0n) is 9.52. The highest BCUT2D eigenvalue weighted by atomic mass is 19.1. The second-order valence-corrected chi connectivity index (χ2v) is 3.70. The predicted octanol–water partition coefficient (Wildman–Crippen LogP) is 2.31. The number of hydrogen-bond acceptors (Lipinski definition) is 4. The largest absolute Gasteiger partial charge is 0.393 e. The summed E-state index contributed by atoms with van der Waals surface area (Å²) >= 11 is 0. The normalized spacial score (nSPS) is 12.2. The van der Waals surface area contributed by atoms with E-state index in [1.165, 1.54) is 12.1 Å². The average molecular weight is 242 g/mol. The molecule has 0 aliphatic rings. The summed E-state index contributed by atoms with van der Waals surface area (Å²) in [7, 11) is 0. The molecule has 1 aromatic carbocycles. The van der Waals surface area contributed by atoms with E-state index in [1.807, 2.05) is 6.92 Å². The number of benzene rings is 1. The second-order valence-electron chi connectivity index (χ2n) is 3.70. The molecule has 1 unspecified atom stereocenters. The van der Waals surface area contributed by atoms with Crippen LogP contribution in [-0.2, 0) is 0 Å². The molecule has 0 fully saturated rings. The van der Waals surface area contributed by atoms with Crippen LogP contribution in [0.4, 0.5) is 15.8 Å². The Morgan fingerprint density at radius 2 is 2.29 bits per heavy atom. The number of rotatable bonds is 6. The third-order valence-corrected chi connectivity index (χ3v) is 2.43. The van der Waals surface area contributed by atoms with E-state index < -0.39 is 16.8 Å². The van der Waals surface area contributed by atoms with E-state index in [-0.39, 0.29) is 11.4 Å². The fourth-order valence-corrected chi connectivity index (χ4v) is 1.34. The van der Waals surface area contributed by atoms with Gasteiger partial charge in [0.2, 0.25) is 0 Å². The maximum absolute atomic E-state index is 13.4. The van der Waals surface area contributed by atoms with Gasteiger partial charge in [0.25, 0.3) is 5.69 Å². The quantitative estimate of drug-likeness (QED) is 0.593. The summed E-state index contributed by atoms with van der Waals surface area (Å²) < 4.78 is 13.4. The number of nitrogens with zero attached hydrogens (tertiary/aromatic N) is 1. The Morgan fingerprint density at radius 1 is 1.59 bits per heavy atom. The first-order valence-electron chi connectivity index (χ1n) is 5.40. The number of hydrogen-bond donors (Lipinski definition) is 2. The van der Waals surface area contributed by atoms with Crippen LogP contribution < -0.4 is 5.32 Å². The van der Waals surface area contributed by atoms with Crippen LogP contribution in [0.3, 0.4) is 0 Å². The van der Waals surface area contributed by atoms with E-state index in [0.29, 0.717) is 19.4 Å². The summed E-state index contributed by atoms with van der Waals surface area (Å²) in [6.45, 7) is 2.28. The van der Waals surface area contributed by atoms with Gasteiger partial charge in [-0.2, -0.15) is 0 Å². The molecule has 6 heteroatoms. The molecule has 0 radical (unpaired) electrons. The van der Waals surface area contributed by atoms with E-state index in [9.17, 15) is 19.6 Å². The molecule has 0 aliphatic carbocycles. The summed E-state index contributed by atoms with van der Waals surface area (Å²) in [5.74, 6) is -0.662. The minimum absolute atomic E-state index is 0.207. The van der Waals surface area contributed by atoms with Crippen molar-refractivity contribution in [3.05, 3.63) is 34.1 Å². The fourth-order valence-electron chi connectivity index (χ4n) is 1.34. The van der Waals surface area contributed by atoms with Gasteiger partial charge in [-0.3, -0.25) is 10.1 Å². The highest BCUT2D eigenvalue weighted by Gasteiger charge is 2.10. The number of anilines is 1. The van der Waals surface area contributed by atoms with Gasteiger partial charge in [-0.1, -0.05) is 6.92 Å². The molecule has 1 aromatic rings. The van der Waals surface area contributed by atoms with Crippen LogP contribution in [0, 0.1) is 15.9 Å². The highest BCUT2D eigenvalue weighted by molar-refractivity contribution is 5.50. The van der Waals surface area contributed by atoms with Gasteiger partial charge in [0, 0.05) is 12.6 Å². The van der Waals surface area contributed by atoms with Crippen LogP contribution in [0.15, 0.2) is 18.2 Å². The monoisotopic (exact) mass is 242 g/mol. The van der Waals surface area contributed by atoms with E-state index in [2.05, 4.69) is 5.32 Å². The molecule has 0 bridgehead atoms. The topological polar surface area (TPSA) is 75.4 Å². The first-order chi connectivity index (χ1) is 8.04. The minimum Gasteiger partial charge on any atom is -0.393 e. The molecule has 2 N–H and O–H groups in total. The first-order valence-corrected chi connectivity index (χ1v) is 5.40. The highest BCUT2D eigenvalue weighted by Crippen LogP contribution is 2.20. The third-order valence-electron chi connectivity index (χ3n) is 2.43. The standard InChI is InChI=1S/C11H15FN2O3/c1-2-9(15)5-6-13-11-4-3-8(14(16)17)7-10(11)12/h3-4,7,9,13,15H,2,5-6H2,1H3. The van der Waals surface area contributed by atoms with Gasteiger partial charge in [0.1, 0.15) is 0 Å². The fraction of sp³-hybridized carbons (Fsp3) is 0.455. The lowest BCUT2D eigenvalue weighted by atomic mass is 10.2. The lowest BCUT2D eigenvalue weighted by Crippen LogP contribution is -2.12. The number of non-ortho nitro benzene ring substituents is 1. The zero-order chi connectivity index (χ0) is 12.8. The van der Waals surface area contributed by atoms with Crippen molar-refractivity contribution in [2.45, 2.75) is 25.9 Å². The molecular weight excluding hydrogens is 227 g/mol. The van der Waals surface area contributed by atoms with Gasteiger partial charge >= 0.3 is 0 Å². The summed E-state index contributed by atoms with van der Waals surface area (Å²) in [5.41, 5.74) is -0.0689. The lowest BCUT2D eigenvalue weighted by Gasteiger charge is -2.10. The first kappa shape index (κ1) is 13.4. The smallest absolute Gasteiger partial charge is 0.272 e. The van der Waals surface area contributed by atoms with E-state index in [1.54, 1.807) is 0 Å². The van der Waals surface area contributed by atoms with Crippen LogP contribution >= 0.6 is 0 Å². The van der Waals surface area contributed by atoms with Crippen molar-refractivity contribution in [1.82, 2.24) is 0 Å². The molecule has 17 heavy (non-hydrogen) atoms. The summed E-state index contributed by atoms with van der Waals surface area (Å²) in [5, 5.41) is 22.5. The molecule has 0 aromatic heterocycles. The Morgan fingerprint density at radius 3 is 2.82 bits per heavy atom. The van der Waals surface area contributed by atoms with Gasteiger partial charge in [0.15, 0.2) is 5.82 Å².